The van der Waals surface area contributed by atoms with Gasteiger partial charge in [0.2, 0.25) is 5.91 Å². The maximum absolute atomic E-state index is 12.5. The summed E-state index contributed by atoms with van der Waals surface area (Å²) in [7, 11) is 0. The average molecular weight is 462 g/mol. The van der Waals surface area contributed by atoms with Crippen molar-refractivity contribution in [3.05, 3.63) is 35.9 Å². The number of morpholine rings is 1. The highest BCUT2D eigenvalue weighted by Crippen LogP contribution is 2.28. The van der Waals surface area contributed by atoms with Crippen LogP contribution in [0.3, 0.4) is 0 Å². The summed E-state index contributed by atoms with van der Waals surface area (Å²) < 4.78 is 17.5. The number of aliphatic hydroxyl groups excluding tert-OH is 1. The highest BCUT2D eigenvalue weighted by Gasteiger charge is 2.38. The molecule has 2 N–H and O–H groups in total. The third-order valence-electron chi connectivity index (χ3n) is 6.81. The van der Waals surface area contributed by atoms with Gasteiger partial charge >= 0.3 is 0 Å². The van der Waals surface area contributed by atoms with Crippen molar-refractivity contribution < 1.29 is 24.1 Å². The van der Waals surface area contributed by atoms with Crippen LogP contribution in [0.25, 0.3) is 0 Å². The SMILES string of the molecule is O=C(C[C@H]1CC[C@H]2[C@@H](COC[C@@H](O)CN2Cc2ccccc2)O1)NCCCN1CCOCC1. The normalized spacial score (nSPS) is 29.6. The van der Waals surface area contributed by atoms with Gasteiger partial charge in [-0.15, -0.1) is 0 Å². The van der Waals surface area contributed by atoms with E-state index in [-0.39, 0.29) is 24.2 Å². The Morgan fingerprint density at radius 1 is 1.09 bits per heavy atom. The Bertz CT molecular complexity index is 715. The number of benzene rings is 1. The molecule has 0 unspecified atom stereocenters. The molecular formula is C25H39N3O5. The molecule has 0 spiro atoms. The molecular weight excluding hydrogens is 422 g/mol. The van der Waals surface area contributed by atoms with E-state index in [1.807, 2.05) is 18.2 Å². The highest BCUT2D eigenvalue weighted by molar-refractivity contribution is 5.76. The van der Waals surface area contributed by atoms with E-state index >= 15 is 0 Å². The number of β-amino-alcohol motifs (C(OH)–C–C–N with tert-alkyl or cyclic N) is 1. The maximum atomic E-state index is 12.5. The first-order valence-corrected chi connectivity index (χ1v) is 12.4. The zero-order chi connectivity index (χ0) is 22.9. The number of nitrogens with one attached hydrogen (secondary N) is 1. The lowest BCUT2D eigenvalue weighted by Crippen LogP contribution is -2.55. The zero-order valence-electron chi connectivity index (χ0n) is 19.6. The van der Waals surface area contributed by atoms with Crippen molar-refractivity contribution in [3.8, 4) is 0 Å². The van der Waals surface area contributed by atoms with Crippen LogP contribution in [0.5, 0.6) is 0 Å². The van der Waals surface area contributed by atoms with E-state index in [4.69, 9.17) is 14.2 Å². The number of rotatable bonds is 8. The van der Waals surface area contributed by atoms with Crippen LogP contribution < -0.4 is 5.32 Å². The Hall–Kier alpha value is -1.55. The molecule has 1 aromatic carbocycles. The molecule has 33 heavy (non-hydrogen) atoms. The van der Waals surface area contributed by atoms with Gasteiger partial charge in [0.1, 0.15) is 0 Å². The first-order valence-electron chi connectivity index (χ1n) is 12.4. The number of aliphatic hydroxyl groups is 1. The summed E-state index contributed by atoms with van der Waals surface area (Å²) in [5, 5.41) is 13.4. The lowest BCUT2D eigenvalue weighted by molar-refractivity contribution is -0.158. The lowest BCUT2D eigenvalue weighted by Gasteiger charge is -2.44. The van der Waals surface area contributed by atoms with Gasteiger partial charge in [-0.05, 0) is 31.4 Å². The second kappa shape index (κ2) is 12.8. The summed E-state index contributed by atoms with van der Waals surface area (Å²) in [6.07, 6.45) is 2.43. The lowest BCUT2D eigenvalue weighted by atomic mass is 9.94. The van der Waals surface area contributed by atoms with Crippen molar-refractivity contribution in [2.24, 2.45) is 0 Å². The van der Waals surface area contributed by atoms with Gasteiger partial charge in [0.15, 0.2) is 0 Å². The fraction of sp³-hybridized carbons (Fsp3) is 0.720. The molecule has 0 radical (unpaired) electrons. The van der Waals surface area contributed by atoms with E-state index in [9.17, 15) is 9.90 Å². The fourth-order valence-electron chi connectivity index (χ4n) is 5.08. The van der Waals surface area contributed by atoms with Crippen molar-refractivity contribution in [1.82, 2.24) is 15.1 Å². The van der Waals surface area contributed by atoms with Crippen molar-refractivity contribution in [2.45, 2.75) is 56.6 Å². The minimum atomic E-state index is -0.504. The van der Waals surface area contributed by atoms with Crippen molar-refractivity contribution in [2.75, 3.05) is 59.2 Å². The van der Waals surface area contributed by atoms with Gasteiger partial charge in [-0.3, -0.25) is 14.6 Å². The molecule has 3 saturated heterocycles. The quantitative estimate of drug-likeness (QED) is 0.560. The molecule has 1 aromatic rings. The molecule has 3 heterocycles. The monoisotopic (exact) mass is 461 g/mol. The Kier molecular flexibility index (Phi) is 9.52. The van der Waals surface area contributed by atoms with Crippen LogP contribution in [0.4, 0.5) is 0 Å². The molecule has 0 saturated carbocycles. The Morgan fingerprint density at radius 2 is 1.91 bits per heavy atom. The molecule has 184 valence electrons. The van der Waals surface area contributed by atoms with Crippen molar-refractivity contribution in [3.63, 3.8) is 0 Å². The van der Waals surface area contributed by atoms with Crippen LogP contribution in [0.1, 0.15) is 31.2 Å². The van der Waals surface area contributed by atoms with Crippen molar-refractivity contribution in [1.29, 1.82) is 0 Å². The smallest absolute Gasteiger partial charge is 0.222 e. The number of hydrogen-bond acceptors (Lipinski definition) is 7. The summed E-state index contributed by atoms with van der Waals surface area (Å²) in [5.41, 5.74) is 1.23. The third-order valence-corrected chi connectivity index (χ3v) is 6.81. The van der Waals surface area contributed by atoms with Gasteiger partial charge < -0.3 is 24.6 Å². The van der Waals surface area contributed by atoms with E-state index in [0.29, 0.717) is 32.7 Å². The predicted molar refractivity (Wildman–Crippen MR) is 125 cm³/mol. The second-order valence-corrected chi connectivity index (χ2v) is 9.41. The van der Waals surface area contributed by atoms with Crippen LogP contribution in [-0.4, -0.2) is 104 Å². The van der Waals surface area contributed by atoms with E-state index < -0.39 is 6.10 Å². The molecule has 3 aliphatic rings. The number of carbonyl (C=O) groups excluding carboxylic acids is 1. The topological polar surface area (TPSA) is 83.5 Å². The van der Waals surface area contributed by atoms with Gasteiger partial charge in [-0.2, -0.15) is 0 Å². The molecule has 0 aromatic heterocycles. The van der Waals surface area contributed by atoms with E-state index in [1.54, 1.807) is 0 Å². The molecule has 4 atom stereocenters. The average Bonchev–Trinajstić information content (AvgIpc) is 2.82. The summed E-state index contributed by atoms with van der Waals surface area (Å²) in [6, 6.07) is 10.5. The second-order valence-electron chi connectivity index (χ2n) is 9.41. The molecule has 8 heteroatoms. The largest absolute Gasteiger partial charge is 0.389 e. The minimum absolute atomic E-state index is 0.0590. The summed E-state index contributed by atoms with van der Waals surface area (Å²) in [4.78, 5) is 17.2. The van der Waals surface area contributed by atoms with Crippen LogP contribution >= 0.6 is 0 Å². The summed E-state index contributed by atoms with van der Waals surface area (Å²) >= 11 is 0. The van der Waals surface area contributed by atoms with Gasteiger partial charge in [-0.1, -0.05) is 30.3 Å². The van der Waals surface area contributed by atoms with E-state index in [2.05, 4.69) is 27.2 Å². The van der Waals surface area contributed by atoms with Gasteiger partial charge in [0.25, 0.3) is 0 Å². The maximum Gasteiger partial charge on any atom is 0.222 e. The molecule has 0 aliphatic carbocycles. The standard InChI is InChI=1S/C25H39N3O5/c29-21-17-28(16-20-5-2-1-3-6-20)23-8-7-22(33-24(23)19-32-18-21)15-25(30)26-9-4-10-27-11-13-31-14-12-27/h1-3,5-6,21-24,29H,4,7-19H2,(H,26,30)/t21-,22+,23-,24+/m0/s1. The number of nitrogens with zero attached hydrogens (tertiary/aromatic N) is 2. The zero-order valence-corrected chi connectivity index (χ0v) is 19.6. The predicted octanol–water partition coefficient (Wildman–Crippen LogP) is 1.02. The number of hydrogen-bond donors (Lipinski definition) is 2. The van der Waals surface area contributed by atoms with Gasteiger partial charge in [0.05, 0.1) is 51.2 Å². The number of amides is 1. The van der Waals surface area contributed by atoms with Gasteiger partial charge in [0, 0.05) is 38.8 Å². The molecule has 3 fully saturated rings. The summed E-state index contributed by atoms with van der Waals surface area (Å²) in [6.45, 7) is 7.35. The summed E-state index contributed by atoms with van der Waals surface area (Å²) in [5.74, 6) is 0.0590. The van der Waals surface area contributed by atoms with Crippen LogP contribution in [0.15, 0.2) is 30.3 Å². The van der Waals surface area contributed by atoms with Crippen LogP contribution in [0.2, 0.25) is 0 Å². The molecule has 4 rings (SSSR count). The molecule has 1 amide bonds. The third kappa shape index (κ3) is 7.73. The van der Waals surface area contributed by atoms with Crippen LogP contribution in [0, 0.1) is 0 Å². The first kappa shape index (κ1) is 24.6. The first-order chi connectivity index (χ1) is 16.2. The highest BCUT2D eigenvalue weighted by atomic mass is 16.5. The number of carbonyl (C=O) groups is 1. The van der Waals surface area contributed by atoms with Gasteiger partial charge in [-0.25, -0.2) is 0 Å². The Labute approximate surface area is 197 Å². The Balaban J connectivity index is 1.23. The van der Waals surface area contributed by atoms with E-state index in [1.165, 1.54) is 5.56 Å². The molecule has 8 nitrogen and oxygen atoms in total. The molecule has 0 bridgehead atoms. The number of fused-ring (bicyclic) bond motifs is 1. The van der Waals surface area contributed by atoms with Crippen LogP contribution in [-0.2, 0) is 25.5 Å². The number of ether oxygens (including phenoxy) is 3. The minimum Gasteiger partial charge on any atom is -0.389 e. The molecule has 3 aliphatic heterocycles. The fourth-order valence-corrected chi connectivity index (χ4v) is 5.08. The Morgan fingerprint density at radius 3 is 2.73 bits per heavy atom. The van der Waals surface area contributed by atoms with Crippen molar-refractivity contribution >= 4 is 5.91 Å². The van der Waals surface area contributed by atoms with E-state index in [0.717, 1.165) is 58.7 Å².